The van der Waals surface area contributed by atoms with Crippen LogP contribution in [0.2, 0.25) is 0 Å². The molecule has 3 rings (SSSR count). The topological polar surface area (TPSA) is 58.6 Å². The van der Waals surface area contributed by atoms with Gasteiger partial charge in [0.05, 0.1) is 6.54 Å². The number of nitrogens with one attached hydrogen (secondary N) is 1. The second-order valence-electron chi connectivity index (χ2n) is 6.16. The van der Waals surface area contributed by atoms with Gasteiger partial charge >= 0.3 is 0 Å². The number of nitrogens with zero attached hydrogens (tertiary/aromatic N) is 1. The summed E-state index contributed by atoms with van der Waals surface area (Å²) in [7, 11) is 0. The number of anilines is 1. The molecule has 0 aliphatic carbocycles. The standard InChI is InChI=1S/C20H22N2O3/c1-15-6-4-9-17(12-15)25-14-19(23)21-13-20(24)22-11-5-8-16-7-2-3-10-18(16)22/h2-4,6-7,9-10,12H,5,8,11,13-14H2,1H3,(H,21,23). The van der Waals surface area contributed by atoms with Crippen LogP contribution in [-0.2, 0) is 16.0 Å². The molecule has 0 saturated carbocycles. The number of aryl methyl sites for hydroxylation is 2. The fourth-order valence-electron chi connectivity index (χ4n) is 2.97. The Morgan fingerprint density at radius 2 is 2.00 bits per heavy atom. The highest BCUT2D eigenvalue weighted by molar-refractivity contribution is 5.97. The van der Waals surface area contributed by atoms with E-state index < -0.39 is 0 Å². The van der Waals surface area contributed by atoms with E-state index in [9.17, 15) is 9.59 Å². The lowest BCUT2D eigenvalue weighted by molar-refractivity contribution is -0.126. The van der Waals surface area contributed by atoms with Gasteiger partial charge in [0.15, 0.2) is 6.61 Å². The van der Waals surface area contributed by atoms with Crippen molar-refractivity contribution in [1.82, 2.24) is 5.32 Å². The van der Waals surface area contributed by atoms with Gasteiger partial charge in [-0.2, -0.15) is 0 Å². The minimum absolute atomic E-state index is 0.0235. The molecule has 0 atom stereocenters. The Balaban J connectivity index is 1.50. The fraction of sp³-hybridized carbons (Fsp3) is 0.300. The van der Waals surface area contributed by atoms with Crippen LogP contribution in [0, 0.1) is 6.92 Å². The molecule has 2 aromatic carbocycles. The molecule has 1 aliphatic heterocycles. The second-order valence-corrected chi connectivity index (χ2v) is 6.16. The lowest BCUT2D eigenvalue weighted by Crippen LogP contribution is -2.43. The van der Waals surface area contributed by atoms with Gasteiger partial charge in [-0.3, -0.25) is 9.59 Å². The fourth-order valence-corrected chi connectivity index (χ4v) is 2.97. The van der Waals surface area contributed by atoms with Gasteiger partial charge in [-0.05, 0) is 49.1 Å². The quantitative estimate of drug-likeness (QED) is 0.911. The van der Waals surface area contributed by atoms with E-state index in [1.807, 2.05) is 49.4 Å². The van der Waals surface area contributed by atoms with Crippen LogP contribution in [0.3, 0.4) is 0 Å². The molecule has 2 aromatic rings. The van der Waals surface area contributed by atoms with Gasteiger partial charge in [0.25, 0.3) is 5.91 Å². The summed E-state index contributed by atoms with van der Waals surface area (Å²) in [5.41, 5.74) is 3.19. The third-order valence-corrected chi connectivity index (χ3v) is 4.21. The van der Waals surface area contributed by atoms with Crippen molar-refractivity contribution >= 4 is 17.5 Å². The molecule has 0 unspecified atom stereocenters. The van der Waals surface area contributed by atoms with Crippen LogP contribution in [0.1, 0.15) is 17.5 Å². The Morgan fingerprint density at radius 1 is 1.16 bits per heavy atom. The van der Waals surface area contributed by atoms with E-state index in [1.165, 1.54) is 5.56 Å². The zero-order valence-electron chi connectivity index (χ0n) is 14.3. The zero-order chi connectivity index (χ0) is 17.6. The van der Waals surface area contributed by atoms with Crippen molar-refractivity contribution in [2.75, 3.05) is 24.6 Å². The van der Waals surface area contributed by atoms with Crippen LogP contribution < -0.4 is 15.0 Å². The molecular weight excluding hydrogens is 316 g/mol. The van der Waals surface area contributed by atoms with Gasteiger partial charge < -0.3 is 15.0 Å². The Morgan fingerprint density at radius 3 is 2.84 bits per heavy atom. The molecule has 0 spiro atoms. The summed E-state index contributed by atoms with van der Waals surface area (Å²) >= 11 is 0. The largest absolute Gasteiger partial charge is 0.484 e. The van der Waals surface area contributed by atoms with Gasteiger partial charge in [0.1, 0.15) is 5.75 Å². The maximum absolute atomic E-state index is 12.5. The van der Waals surface area contributed by atoms with Crippen LogP contribution in [0.15, 0.2) is 48.5 Å². The highest BCUT2D eigenvalue weighted by Gasteiger charge is 2.22. The number of benzene rings is 2. The summed E-state index contributed by atoms with van der Waals surface area (Å²) in [6.07, 6.45) is 1.92. The van der Waals surface area contributed by atoms with Crippen LogP contribution in [0.4, 0.5) is 5.69 Å². The third kappa shape index (κ3) is 4.38. The van der Waals surface area contributed by atoms with E-state index in [0.29, 0.717) is 12.3 Å². The van der Waals surface area contributed by atoms with E-state index >= 15 is 0 Å². The first-order valence-corrected chi connectivity index (χ1v) is 8.48. The molecule has 0 bridgehead atoms. The number of fused-ring (bicyclic) bond motifs is 1. The Kier molecular flexibility index (Phi) is 5.33. The molecule has 0 radical (unpaired) electrons. The van der Waals surface area contributed by atoms with Crippen molar-refractivity contribution in [3.63, 3.8) is 0 Å². The van der Waals surface area contributed by atoms with E-state index in [1.54, 1.807) is 11.0 Å². The first-order chi connectivity index (χ1) is 12.1. The molecule has 25 heavy (non-hydrogen) atoms. The molecule has 1 aliphatic rings. The molecular formula is C20H22N2O3. The molecule has 0 aromatic heterocycles. The van der Waals surface area contributed by atoms with Crippen molar-refractivity contribution in [3.8, 4) is 5.75 Å². The number of para-hydroxylation sites is 1. The monoisotopic (exact) mass is 338 g/mol. The molecule has 130 valence electrons. The average Bonchev–Trinajstić information content (AvgIpc) is 2.64. The van der Waals surface area contributed by atoms with Gasteiger partial charge in [0, 0.05) is 12.2 Å². The van der Waals surface area contributed by atoms with Gasteiger partial charge in [-0.25, -0.2) is 0 Å². The number of carbonyl (C=O) groups excluding carboxylic acids is 2. The third-order valence-electron chi connectivity index (χ3n) is 4.21. The van der Waals surface area contributed by atoms with E-state index in [-0.39, 0.29) is 25.0 Å². The van der Waals surface area contributed by atoms with Crippen LogP contribution in [0.5, 0.6) is 5.75 Å². The molecule has 5 nitrogen and oxygen atoms in total. The van der Waals surface area contributed by atoms with Crippen LogP contribution in [0.25, 0.3) is 0 Å². The highest BCUT2D eigenvalue weighted by atomic mass is 16.5. The van der Waals surface area contributed by atoms with Gasteiger partial charge in [0.2, 0.25) is 5.91 Å². The summed E-state index contributed by atoms with van der Waals surface area (Å²) in [5.74, 6) is 0.239. The molecule has 0 saturated heterocycles. The Labute approximate surface area is 147 Å². The van der Waals surface area contributed by atoms with Crippen molar-refractivity contribution in [2.45, 2.75) is 19.8 Å². The van der Waals surface area contributed by atoms with Crippen molar-refractivity contribution < 1.29 is 14.3 Å². The van der Waals surface area contributed by atoms with Crippen molar-refractivity contribution in [3.05, 3.63) is 59.7 Å². The summed E-state index contributed by atoms with van der Waals surface area (Å²) in [6, 6.07) is 15.4. The maximum Gasteiger partial charge on any atom is 0.258 e. The first kappa shape index (κ1) is 17.0. The van der Waals surface area contributed by atoms with E-state index in [0.717, 1.165) is 24.1 Å². The zero-order valence-corrected chi connectivity index (χ0v) is 14.3. The van der Waals surface area contributed by atoms with Crippen molar-refractivity contribution in [2.24, 2.45) is 0 Å². The molecule has 5 heteroatoms. The molecule has 0 fully saturated rings. The average molecular weight is 338 g/mol. The Bertz CT molecular complexity index is 773. The number of hydrogen-bond donors (Lipinski definition) is 1. The van der Waals surface area contributed by atoms with Gasteiger partial charge in [-0.15, -0.1) is 0 Å². The predicted molar refractivity (Wildman–Crippen MR) is 96.8 cm³/mol. The number of hydrogen-bond acceptors (Lipinski definition) is 3. The smallest absolute Gasteiger partial charge is 0.258 e. The van der Waals surface area contributed by atoms with Crippen LogP contribution in [-0.4, -0.2) is 31.5 Å². The lowest BCUT2D eigenvalue weighted by atomic mass is 10.0. The SMILES string of the molecule is Cc1cccc(OCC(=O)NCC(=O)N2CCCc3ccccc32)c1. The summed E-state index contributed by atoms with van der Waals surface area (Å²) in [4.78, 5) is 26.1. The minimum Gasteiger partial charge on any atom is -0.484 e. The molecule has 1 N–H and O–H groups in total. The lowest BCUT2D eigenvalue weighted by Gasteiger charge is -2.29. The maximum atomic E-state index is 12.5. The van der Waals surface area contributed by atoms with Crippen molar-refractivity contribution in [1.29, 1.82) is 0 Å². The highest BCUT2D eigenvalue weighted by Crippen LogP contribution is 2.26. The Hall–Kier alpha value is -2.82. The summed E-state index contributed by atoms with van der Waals surface area (Å²) in [6.45, 7) is 2.52. The number of amides is 2. The minimum atomic E-state index is -0.305. The van der Waals surface area contributed by atoms with Gasteiger partial charge in [-0.1, -0.05) is 30.3 Å². The van der Waals surface area contributed by atoms with Crippen LogP contribution >= 0.6 is 0 Å². The number of carbonyl (C=O) groups is 2. The molecule has 1 heterocycles. The predicted octanol–water partition coefficient (Wildman–Crippen LogP) is 2.47. The number of ether oxygens (including phenoxy) is 1. The normalized spacial score (nSPS) is 13.1. The molecule has 2 amide bonds. The second kappa shape index (κ2) is 7.83. The summed E-state index contributed by atoms with van der Waals surface area (Å²) in [5, 5.41) is 2.64. The van der Waals surface area contributed by atoms with E-state index in [2.05, 4.69) is 5.32 Å². The number of rotatable bonds is 5. The summed E-state index contributed by atoms with van der Waals surface area (Å²) < 4.78 is 5.45. The van der Waals surface area contributed by atoms with E-state index in [4.69, 9.17) is 4.74 Å². The first-order valence-electron chi connectivity index (χ1n) is 8.48.